The summed E-state index contributed by atoms with van der Waals surface area (Å²) in [5.74, 6) is 0.435. The van der Waals surface area contributed by atoms with Crippen LogP contribution in [0.2, 0.25) is 0 Å². The number of rotatable bonds is 2. The van der Waals surface area contributed by atoms with Crippen LogP contribution in [-0.2, 0) is 0 Å². The minimum atomic E-state index is 0.435. The van der Waals surface area contributed by atoms with Crippen LogP contribution in [0.15, 0.2) is 53.5 Å². The maximum Gasteiger partial charge on any atom is 0.133 e. The van der Waals surface area contributed by atoms with E-state index in [1.807, 2.05) is 48.5 Å². The van der Waals surface area contributed by atoms with Gasteiger partial charge in [0.15, 0.2) is 0 Å². The third-order valence-electron chi connectivity index (χ3n) is 2.31. The average Bonchev–Trinajstić information content (AvgIpc) is 2.32. The molecule has 0 fully saturated rings. The predicted octanol–water partition coefficient (Wildman–Crippen LogP) is 2.91. The molecule has 0 unspecified atom stereocenters. The highest BCUT2D eigenvalue weighted by Gasteiger charge is 2.02. The second-order valence-electron chi connectivity index (χ2n) is 3.56. The highest BCUT2D eigenvalue weighted by molar-refractivity contribution is 14.1. The molecular weight excluding hydrogens is 325 g/mol. The number of benzene rings is 2. The fourth-order valence-electron chi connectivity index (χ4n) is 1.45. The van der Waals surface area contributed by atoms with Crippen molar-refractivity contribution < 1.29 is 0 Å². The van der Waals surface area contributed by atoms with Crippen LogP contribution < -0.4 is 11.5 Å². The van der Waals surface area contributed by atoms with Gasteiger partial charge in [-0.15, -0.1) is 0 Å². The number of hydrogen-bond acceptors (Lipinski definition) is 2. The molecule has 0 spiro atoms. The lowest BCUT2D eigenvalue weighted by Gasteiger charge is -2.04. The van der Waals surface area contributed by atoms with E-state index < -0.39 is 0 Å². The van der Waals surface area contributed by atoms with Crippen molar-refractivity contribution >= 4 is 39.8 Å². The van der Waals surface area contributed by atoms with E-state index >= 15 is 0 Å². The summed E-state index contributed by atoms with van der Waals surface area (Å²) >= 11 is 2.25. The minimum Gasteiger partial charge on any atom is -0.398 e. The molecule has 2 rings (SSSR count). The first-order valence-corrected chi connectivity index (χ1v) is 6.19. The fourth-order valence-corrected chi connectivity index (χ4v) is 1.80. The van der Waals surface area contributed by atoms with Crippen LogP contribution in [0, 0.1) is 3.57 Å². The van der Waals surface area contributed by atoms with Gasteiger partial charge in [-0.1, -0.05) is 12.1 Å². The lowest BCUT2D eigenvalue weighted by molar-refractivity contribution is 1.44. The lowest BCUT2D eigenvalue weighted by atomic mass is 10.1. The van der Waals surface area contributed by atoms with Gasteiger partial charge in [-0.2, -0.15) is 0 Å². The first-order valence-electron chi connectivity index (χ1n) is 5.11. The number of para-hydroxylation sites is 1. The van der Waals surface area contributed by atoms with Crippen molar-refractivity contribution in [2.45, 2.75) is 0 Å². The van der Waals surface area contributed by atoms with E-state index in [0.29, 0.717) is 11.5 Å². The Balaban J connectivity index is 2.34. The Morgan fingerprint density at radius 2 is 1.65 bits per heavy atom. The van der Waals surface area contributed by atoms with Crippen molar-refractivity contribution in [2.75, 3.05) is 5.73 Å². The molecular formula is C13H12IN3. The molecule has 0 aromatic heterocycles. The zero-order valence-corrected chi connectivity index (χ0v) is 11.3. The van der Waals surface area contributed by atoms with Gasteiger partial charge < -0.3 is 11.5 Å². The molecule has 0 radical (unpaired) electrons. The summed E-state index contributed by atoms with van der Waals surface area (Å²) in [5, 5.41) is 0. The summed E-state index contributed by atoms with van der Waals surface area (Å²) in [7, 11) is 0. The summed E-state index contributed by atoms with van der Waals surface area (Å²) in [5.41, 5.74) is 14.0. The quantitative estimate of drug-likeness (QED) is 0.383. The molecule has 0 aliphatic heterocycles. The zero-order chi connectivity index (χ0) is 12.3. The second kappa shape index (κ2) is 5.18. The summed E-state index contributed by atoms with van der Waals surface area (Å²) < 4.78 is 1.17. The summed E-state index contributed by atoms with van der Waals surface area (Å²) in [6.07, 6.45) is 0. The largest absolute Gasteiger partial charge is 0.398 e. The molecule has 3 nitrogen and oxygen atoms in total. The van der Waals surface area contributed by atoms with Crippen molar-refractivity contribution in [3.63, 3.8) is 0 Å². The van der Waals surface area contributed by atoms with Crippen LogP contribution in [0.3, 0.4) is 0 Å². The van der Waals surface area contributed by atoms with E-state index in [1.165, 1.54) is 3.57 Å². The summed E-state index contributed by atoms with van der Waals surface area (Å²) in [4.78, 5) is 4.34. The van der Waals surface area contributed by atoms with Crippen molar-refractivity contribution in [3.05, 3.63) is 57.7 Å². The maximum absolute atomic E-state index is 5.93. The van der Waals surface area contributed by atoms with Crippen LogP contribution in [0.4, 0.5) is 11.4 Å². The Morgan fingerprint density at radius 1 is 1.00 bits per heavy atom. The molecule has 17 heavy (non-hydrogen) atoms. The van der Waals surface area contributed by atoms with E-state index in [1.54, 1.807) is 0 Å². The highest BCUT2D eigenvalue weighted by Crippen LogP contribution is 2.17. The van der Waals surface area contributed by atoms with Gasteiger partial charge in [-0.3, -0.25) is 0 Å². The maximum atomic E-state index is 5.93. The molecule has 4 heteroatoms. The van der Waals surface area contributed by atoms with Crippen molar-refractivity contribution in [1.82, 2.24) is 0 Å². The number of nitrogen functional groups attached to an aromatic ring is 1. The van der Waals surface area contributed by atoms with Crippen molar-refractivity contribution in [2.24, 2.45) is 10.7 Å². The zero-order valence-electron chi connectivity index (χ0n) is 9.10. The van der Waals surface area contributed by atoms with Gasteiger partial charge in [-0.05, 0) is 59.0 Å². The Morgan fingerprint density at radius 3 is 2.29 bits per heavy atom. The van der Waals surface area contributed by atoms with Gasteiger partial charge in [0.25, 0.3) is 0 Å². The monoisotopic (exact) mass is 337 g/mol. The van der Waals surface area contributed by atoms with E-state index in [0.717, 1.165) is 11.3 Å². The molecule has 0 aliphatic rings. The number of hydrogen-bond donors (Lipinski definition) is 2. The number of nitrogens with zero attached hydrogens (tertiary/aromatic N) is 1. The molecule has 0 amide bonds. The van der Waals surface area contributed by atoms with Gasteiger partial charge in [0.05, 0.1) is 5.69 Å². The van der Waals surface area contributed by atoms with Crippen molar-refractivity contribution in [1.29, 1.82) is 0 Å². The van der Waals surface area contributed by atoms with E-state index in [-0.39, 0.29) is 0 Å². The Bertz CT molecular complexity index is 547. The second-order valence-corrected chi connectivity index (χ2v) is 4.81. The SMILES string of the molecule is NC(=Nc1ccc(I)cc1)c1ccccc1N. The third-order valence-corrected chi connectivity index (χ3v) is 3.03. The molecule has 0 heterocycles. The predicted molar refractivity (Wildman–Crippen MR) is 80.4 cm³/mol. The third kappa shape index (κ3) is 2.97. The van der Waals surface area contributed by atoms with E-state index in [9.17, 15) is 0 Å². The lowest BCUT2D eigenvalue weighted by Crippen LogP contribution is -2.14. The summed E-state index contributed by atoms with van der Waals surface area (Å²) in [6.45, 7) is 0. The number of aliphatic imine (C=N–C) groups is 1. The van der Waals surface area contributed by atoms with Gasteiger partial charge in [0.1, 0.15) is 5.84 Å². The molecule has 2 aromatic rings. The summed E-state index contributed by atoms with van der Waals surface area (Å²) in [6, 6.07) is 15.3. The van der Waals surface area contributed by atoms with E-state index in [4.69, 9.17) is 11.5 Å². The molecule has 0 aliphatic carbocycles. The van der Waals surface area contributed by atoms with Gasteiger partial charge in [0.2, 0.25) is 0 Å². The first kappa shape index (κ1) is 11.9. The molecule has 0 atom stereocenters. The van der Waals surface area contributed by atoms with Crippen LogP contribution >= 0.6 is 22.6 Å². The van der Waals surface area contributed by atoms with E-state index in [2.05, 4.69) is 27.6 Å². The van der Waals surface area contributed by atoms with Gasteiger partial charge in [-0.25, -0.2) is 4.99 Å². The number of halogens is 1. The molecule has 0 saturated heterocycles. The molecule has 0 saturated carbocycles. The van der Waals surface area contributed by atoms with Crippen LogP contribution in [-0.4, -0.2) is 5.84 Å². The minimum absolute atomic E-state index is 0.435. The average molecular weight is 337 g/mol. The van der Waals surface area contributed by atoms with Crippen LogP contribution in [0.1, 0.15) is 5.56 Å². The number of anilines is 1. The number of nitrogens with two attached hydrogens (primary N) is 2. The standard InChI is InChI=1S/C13H12IN3/c14-9-5-7-10(8-6-9)17-13(16)11-3-1-2-4-12(11)15/h1-8H,15H2,(H2,16,17). The van der Waals surface area contributed by atoms with Crippen LogP contribution in [0.25, 0.3) is 0 Å². The molecule has 4 N–H and O–H groups in total. The van der Waals surface area contributed by atoms with Crippen molar-refractivity contribution in [3.8, 4) is 0 Å². The number of amidine groups is 1. The Hall–Kier alpha value is -1.56. The highest BCUT2D eigenvalue weighted by atomic mass is 127. The fraction of sp³-hybridized carbons (Fsp3) is 0. The molecule has 86 valence electrons. The Labute approximate surface area is 114 Å². The normalized spacial score (nSPS) is 11.5. The van der Waals surface area contributed by atoms with Crippen LogP contribution in [0.5, 0.6) is 0 Å². The van der Waals surface area contributed by atoms with Gasteiger partial charge >= 0.3 is 0 Å². The Kier molecular flexibility index (Phi) is 3.63. The first-order chi connectivity index (χ1) is 8.16. The molecule has 0 bridgehead atoms. The topological polar surface area (TPSA) is 64.4 Å². The smallest absolute Gasteiger partial charge is 0.133 e. The molecule has 2 aromatic carbocycles. The van der Waals surface area contributed by atoms with Gasteiger partial charge in [0, 0.05) is 14.8 Å².